The van der Waals surface area contributed by atoms with Gasteiger partial charge in [0.25, 0.3) is 0 Å². The van der Waals surface area contributed by atoms with Gasteiger partial charge >= 0.3 is 0 Å². The second-order valence-electron chi connectivity index (χ2n) is 4.97. The van der Waals surface area contributed by atoms with E-state index >= 15 is 0 Å². The van der Waals surface area contributed by atoms with Crippen molar-refractivity contribution in [1.82, 2.24) is 4.98 Å². The molecule has 1 N–H and O–H groups in total. The molecule has 102 valence electrons. The molecule has 0 aliphatic rings. The minimum Gasteiger partial charge on any atom is -0.367 e. The molecular formula is C15H18BrClN2. The molecule has 0 aliphatic carbocycles. The van der Waals surface area contributed by atoms with Crippen LogP contribution in [0.25, 0.3) is 10.8 Å². The van der Waals surface area contributed by atoms with Crippen molar-refractivity contribution in [2.45, 2.75) is 26.3 Å². The molecule has 0 bridgehead atoms. The summed E-state index contributed by atoms with van der Waals surface area (Å²) in [5.74, 6) is 2.11. The molecule has 0 amide bonds. The number of anilines is 1. The van der Waals surface area contributed by atoms with E-state index in [1.54, 1.807) is 0 Å². The molecule has 0 saturated heterocycles. The van der Waals surface area contributed by atoms with Crippen molar-refractivity contribution in [1.29, 1.82) is 0 Å². The molecule has 0 spiro atoms. The highest BCUT2D eigenvalue weighted by Gasteiger charge is 2.14. The summed E-state index contributed by atoms with van der Waals surface area (Å²) in [6.07, 6.45) is 2.78. The third-order valence-electron chi connectivity index (χ3n) is 3.30. The predicted molar refractivity (Wildman–Crippen MR) is 87.0 cm³/mol. The van der Waals surface area contributed by atoms with Gasteiger partial charge in [-0.2, -0.15) is 0 Å². The van der Waals surface area contributed by atoms with Gasteiger partial charge in [-0.25, -0.2) is 4.98 Å². The Morgan fingerprint density at radius 1 is 1.26 bits per heavy atom. The van der Waals surface area contributed by atoms with E-state index < -0.39 is 0 Å². The molecule has 1 unspecified atom stereocenters. The normalized spacial score (nSPS) is 12.9. The van der Waals surface area contributed by atoms with Gasteiger partial charge in [0, 0.05) is 33.4 Å². The number of pyridine rings is 1. The van der Waals surface area contributed by atoms with Crippen molar-refractivity contribution in [3.05, 3.63) is 34.9 Å². The SMILES string of the molecule is CC(C)C(CCCl)Nc1nccc2c(Br)cccc12. The van der Waals surface area contributed by atoms with Crippen LogP contribution < -0.4 is 5.32 Å². The van der Waals surface area contributed by atoms with Crippen LogP contribution in [0.15, 0.2) is 34.9 Å². The fourth-order valence-corrected chi connectivity index (χ4v) is 2.88. The van der Waals surface area contributed by atoms with Crippen molar-refractivity contribution < 1.29 is 0 Å². The Morgan fingerprint density at radius 3 is 2.74 bits per heavy atom. The summed E-state index contributed by atoms with van der Waals surface area (Å²) in [7, 11) is 0. The van der Waals surface area contributed by atoms with E-state index in [4.69, 9.17) is 11.6 Å². The van der Waals surface area contributed by atoms with E-state index in [0.717, 1.165) is 22.1 Å². The Kier molecular flexibility index (Phi) is 5.06. The molecule has 19 heavy (non-hydrogen) atoms. The Morgan fingerprint density at radius 2 is 2.05 bits per heavy atom. The first-order valence-electron chi connectivity index (χ1n) is 6.49. The Bertz CT molecular complexity index is 557. The standard InChI is InChI=1S/C15H18BrClN2/c1-10(2)14(6-8-17)19-15-12-4-3-5-13(16)11(12)7-9-18-15/h3-5,7,9-10,14H,6,8H2,1-2H3,(H,18,19). The summed E-state index contributed by atoms with van der Waals surface area (Å²) >= 11 is 9.46. The van der Waals surface area contributed by atoms with Crippen LogP contribution in [-0.2, 0) is 0 Å². The number of alkyl halides is 1. The van der Waals surface area contributed by atoms with Gasteiger partial charge in [0.1, 0.15) is 5.82 Å². The van der Waals surface area contributed by atoms with Crippen LogP contribution in [0, 0.1) is 5.92 Å². The van der Waals surface area contributed by atoms with Crippen LogP contribution in [0.5, 0.6) is 0 Å². The average molecular weight is 342 g/mol. The summed E-state index contributed by atoms with van der Waals surface area (Å²) in [5, 5.41) is 5.84. The quantitative estimate of drug-likeness (QED) is 0.769. The van der Waals surface area contributed by atoms with Gasteiger partial charge in [-0.3, -0.25) is 0 Å². The smallest absolute Gasteiger partial charge is 0.134 e. The van der Waals surface area contributed by atoms with Crippen molar-refractivity contribution in [2.24, 2.45) is 5.92 Å². The van der Waals surface area contributed by atoms with Crippen LogP contribution in [0.2, 0.25) is 0 Å². The lowest BCUT2D eigenvalue weighted by Gasteiger charge is -2.23. The summed E-state index contributed by atoms with van der Waals surface area (Å²) in [6.45, 7) is 4.40. The van der Waals surface area contributed by atoms with Gasteiger partial charge in [0.15, 0.2) is 0 Å². The average Bonchev–Trinajstić information content (AvgIpc) is 2.39. The fraction of sp³-hybridized carbons (Fsp3) is 0.400. The van der Waals surface area contributed by atoms with Gasteiger partial charge in [-0.1, -0.05) is 41.9 Å². The minimum atomic E-state index is 0.342. The molecule has 2 nitrogen and oxygen atoms in total. The van der Waals surface area contributed by atoms with Gasteiger partial charge in [-0.05, 0) is 24.5 Å². The first-order chi connectivity index (χ1) is 9.13. The molecule has 1 heterocycles. The molecule has 0 saturated carbocycles. The molecule has 1 aromatic carbocycles. The van der Waals surface area contributed by atoms with E-state index in [1.807, 2.05) is 24.4 Å². The van der Waals surface area contributed by atoms with E-state index in [-0.39, 0.29) is 0 Å². The number of benzene rings is 1. The lowest BCUT2D eigenvalue weighted by Crippen LogP contribution is -2.26. The number of hydrogen-bond acceptors (Lipinski definition) is 2. The first kappa shape index (κ1) is 14.6. The van der Waals surface area contributed by atoms with E-state index in [0.29, 0.717) is 17.8 Å². The third-order valence-corrected chi connectivity index (χ3v) is 4.21. The predicted octanol–water partition coefficient (Wildman–Crippen LogP) is 5.06. The number of rotatable bonds is 5. The second-order valence-corrected chi connectivity index (χ2v) is 6.20. The molecule has 0 aliphatic heterocycles. The molecule has 1 atom stereocenters. The number of aromatic nitrogens is 1. The molecule has 4 heteroatoms. The maximum Gasteiger partial charge on any atom is 0.134 e. The number of nitrogens with zero attached hydrogens (tertiary/aromatic N) is 1. The van der Waals surface area contributed by atoms with Crippen molar-refractivity contribution in [2.75, 3.05) is 11.2 Å². The van der Waals surface area contributed by atoms with Gasteiger partial charge < -0.3 is 5.32 Å². The zero-order chi connectivity index (χ0) is 13.8. The van der Waals surface area contributed by atoms with Crippen molar-refractivity contribution in [3.8, 4) is 0 Å². The monoisotopic (exact) mass is 340 g/mol. The molecular weight excluding hydrogens is 324 g/mol. The Labute approximate surface area is 127 Å². The molecule has 2 rings (SSSR count). The van der Waals surface area contributed by atoms with Gasteiger partial charge in [0.05, 0.1) is 0 Å². The molecule has 1 aromatic heterocycles. The first-order valence-corrected chi connectivity index (χ1v) is 7.82. The number of halogens is 2. The lowest BCUT2D eigenvalue weighted by molar-refractivity contribution is 0.512. The van der Waals surface area contributed by atoms with Crippen LogP contribution in [-0.4, -0.2) is 16.9 Å². The third kappa shape index (κ3) is 3.40. The van der Waals surface area contributed by atoms with Crippen molar-refractivity contribution in [3.63, 3.8) is 0 Å². The van der Waals surface area contributed by atoms with Gasteiger partial charge in [-0.15, -0.1) is 11.6 Å². The summed E-state index contributed by atoms with van der Waals surface area (Å²) < 4.78 is 1.09. The highest BCUT2D eigenvalue weighted by Crippen LogP contribution is 2.28. The van der Waals surface area contributed by atoms with Crippen LogP contribution in [0.3, 0.4) is 0 Å². The highest BCUT2D eigenvalue weighted by atomic mass is 79.9. The van der Waals surface area contributed by atoms with Crippen molar-refractivity contribution >= 4 is 44.1 Å². The fourth-order valence-electron chi connectivity index (χ4n) is 2.15. The van der Waals surface area contributed by atoms with Crippen LogP contribution in [0.4, 0.5) is 5.82 Å². The summed E-state index contributed by atoms with van der Waals surface area (Å²) in [5.41, 5.74) is 0. The maximum absolute atomic E-state index is 5.88. The largest absolute Gasteiger partial charge is 0.367 e. The minimum absolute atomic E-state index is 0.342. The number of fused-ring (bicyclic) bond motifs is 1. The summed E-state index contributed by atoms with van der Waals surface area (Å²) in [6, 6.07) is 8.54. The highest BCUT2D eigenvalue weighted by molar-refractivity contribution is 9.10. The zero-order valence-electron chi connectivity index (χ0n) is 11.2. The second kappa shape index (κ2) is 6.58. The molecule has 0 fully saturated rings. The molecule has 2 aromatic rings. The maximum atomic E-state index is 5.88. The van der Waals surface area contributed by atoms with E-state index in [1.165, 1.54) is 5.39 Å². The Balaban J connectivity index is 2.37. The lowest BCUT2D eigenvalue weighted by atomic mass is 10.0. The van der Waals surface area contributed by atoms with Crippen LogP contribution >= 0.6 is 27.5 Å². The van der Waals surface area contributed by atoms with E-state index in [9.17, 15) is 0 Å². The van der Waals surface area contributed by atoms with Crippen LogP contribution in [0.1, 0.15) is 20.3 Å². The zero-order valence-corrected chi connectivity index (χ0v) is 13.5. The van der Waals surface area contributed by atoms with E-state index in [2.05, 4.69) is 46.1 Å². The topological polar surface area (TPSA) is 24.9 Å². The molecule has 0 radical (unpaired) electrons. The number of nitrogens with one attached hydrogen (secondary N) is 1. The number of hydrogen-bond donors (Lipinski definition) is 1. The Hall–Kier alpha value is -0.800. The van der Waals surface area contributed by atoms with Gasteiger partial charge in [0.2, 0.25) is 0 Å². The summed E-state index contributed by atoms with van der Waals surface area (Å²) in [4.78, 5) is 4.48.